The second-order valence-electron chi connectivity index (χ2n) is 5.55. The summed E-state index contributed by atoms with van der Waals surface area (Å²) in [6.07, 6.45) is -0.737. The Morgan fingerprint density at radius 1 is 1.50 bits per heavy atom. The van der Waals surface area contributed by atoms with Gasteiger partial charge in [0.25, 0.3) is 0 Å². The van der Waals surface area contributed by atoms with E-state index in [0.717, 1.165) is 5.56 Å². The number of nitriles is 1. The van der Waals surface area contributed by atoms with Gasteiger partial charge < -0.3 is 10.1 Å². The Hall–Kier alpha value is -2.13. The van der Waals surface area contributed by atoms with Gasteiger partial charge in [-0.2, -0.15) is 5.26 Å². The second kappa shape index (κ2) is 6.35. The maximum absolute atomic E-state index is 10.9. The van der Waals surface area contributed by atoms with Crippen LogP contribution in [0.5, 0.6) is 5.75 Å². The lowest BCUT2D eigenvalue weighted by Crippen LogP contribution is -2.35. The van der Waals surface area contributed by atoms with E-state index in [2.05, 4.69) is 5.32 Å². The van der Waals surface area contributed by atoms with Gasteiger partial charge in [-0.3, -0.25) is 10.1 Å². The SMILES string of the molecule is CC(C#N)Oc1cc(CNC(C)(C)C)ccc1[N+](=O)[O-]. The Labute approximate surface area is 118 Å². The van der Waals surface area contributed by atoms with Crippen molar-refractivity contribution in [2.45, 2.75) is 45.9 Å². The molecule has 0 aliphatic heterocycles. The third-order valence-corrected chi connectivity index (χ3v) is 2.53. The van der Waals surface area contributed by atoms with Crippen LogP contribution in [0.15, 0.2) is 18.2 Å². The lowest BCUT2D eigenvalue weighted by atomic mass is 10.1. The van der Waals surface area contributed by atoms with Crippen LogP contribution >= 0.6 is 0 Å². The molecule has 0 aliphatic rings. The predicted octanol–water partition coefficient (Wildman–Crippen LogP) is 2.77. The minimum absolute atomic E-state index is 0.0528. The number of nitrogens with one attached hydrogen (secondary N) is 1. The molecule has 0 aliphatic carbocycles. The smallest absolute Gasteiger partial charge is 0.310 e. The van der Waals surface area contributed by atoms with Gasteiger partial charge in [0.2, 0.25) is 0 Å². The van der Waals surface area contributed by atoms with E-state index in [1.807, 2.05) is 26.8 Å². The Kier molecular flexibility index (Phi) is 5.06. The van der Waals surface area contributed by atoms with Crippen LogP contribution in [0, 0.1) is 21.4 Å². The van der Waals surface area contributed by atoms with Crippen LogP contribution in [-0.4, -0.2) is 16.6 Å². The summed E-state index contributed by atoms with van der Waals surface area (Å²) in [4.78, 5) is 10.4. The lowest BCUT2D eigenvalue weighted by molar-refractivity contribution is -0.386. The summed E-state index contributed by atoms with van der Waals surface area (Å²) < 4.78 is 5.30. The number of hydrogen-bond acceptors (Lipinski definition) is 5. The van der Waals surface area contributed by atoms with Crippen LogP contribution < -0.4 is 10.1 Å². The maximum atomic E-state index is 10.9. The van der Waals surface area contributed by atoms with Crippen LogP contribution in [-0.2, 0) is 6.54 Å². The molecule has 6 nitrogen and oxygen atoms in total. The molecule has 0 saturated heterocycles. The lowest BCUT2D eigenvalue weighted by Gasteiger charge is -2.20. The minimum atomic E-state index is -0.737. The highest BCUT2D eigenvalue weighted by molar-refractivity contribution is 5.48. The molecule has 1 aromatic carbocycles. The zero-order chi connectivity index (χ0) is 15.3. The quantitative estimate of drug-likeness (QED) is 0.660. The molecule has 1 atom stereocenters. The van der Waals surface area contributed by atoms with E-state index in [4.69, 9.17) is 10.00 Å². The molecule has 0 amide bonds. The van der Waals surface area contributed by atoms with Crippen LogP contribution in [0.3, 0.4) is 0 Å². The van der Waals surface area contributed by atoms with Crippen molar-refractivity contribution in [1.82, 2.24) is 5.32 Å². The van der Waals surface area contributed by atoms with Crippen LogP contribution in [0.2, 0.25) is 0 Å². The maximum Gasteiger partial charge on any atom is 0.310 e. The number of ether oxygens (including phenoxy) is 1. The van der Waals surface area contributed by atoms with Gasteiger partial charge >= 0.3 is 5.69 Å². The summed E-state index contributed by atoms with van der Waals surface area (Å²) in [5.74, 6) is 0.122. The standard InChI is InChI=1S/C14H19N3O3/c1-10(8-15)20-13-7-11(9-16-14(2,3)4)5-6-12(13)17(18)19/h5-7,10,16H,9H2,1-4H3. The fraction of sp³-hybridized carbons (Fsp3) is 0.500. The first kappa shape index (κ1) is 15.9. The Morgan fingerprint density at radius 3 is 2.65 bits per heavy atom. The second-order valence-corrected chi connectivity index (χ2v) is 5.55. The summed E-state index contributed by atoms with van der Waals surface area (Å²) in [6, 6.07) is 6.58. The van der Waals surface area contributed by atoms with Crippen molar-refractivity contribution >= 4 is 5.69 Å². The topological polar surface area (TPSA) is 88.2 Å². The summed E-state index contributed by atoms with van der Waals surface area (Å²) in [6.45, 7) is 8.22. The van der Waals surface area contributed by atoms with Crippen LogP contribution in [0.1, 0.15) is 33.3 Å². The molecule has 0 heterocycles. The van der Waals surface area contributed by atoms with E-state index in [9.17, 15) is 10.1 Å². The molecule has 108 valence electrons. The Morgan fingerprint density at radius 2 is 2.15 bits per heavy atom. The number of hydrogen-bond donors (Lipinski definition) is 1. The Bertz CT molecular complexity index is 529. The van der Waals surface area contributed by atoms with Crippen molar-refractivity contribution in [1.29, 1.82) is 5.26 Å². The first-order valence-corrected chi connectivity index (χ1v) is 6.31. The fourth-order valence-electron chi connectivity index (χ4n) is 1.50. The van der Waals surface area contributed by atoms with Crippen molar-refractivity contribution in [2.75, 3.05) is 0 Å². The summed E-state index contributed by atoms with van der Waals surface area (Å²) >= 11 is 0. The van der Waals surface area contributed by atoms with Crippen molar-refractivity contribution < 1.29 is 9.66 Å². The first-order valence-electron chi connectivity index (χ1n) is 6.31. The number of nitro benzene ring substituents is 1. The van der Waals surface area contributed by atoms with E-state index < -0.39 is 11.0 Å². The van der Waals surface area contributed by atoms with Crippen molar-refractivity contribution in [3.8, 4) is 11.8 Å². The van der Waals surface area contributed by atoms with Crippen LogP contribution in [0.25, 0.3) is 0 Å². The zero-order valence-electron chi connectivity index (χ0n) is 12.1. The molecule has 1 aromatic rings. The van der Waals surface area contributed by atoms with E-state index in [0.29, 0.717) is 6.54 Å². The average Bonchev–Trinajstić information content (AvgIpc) is 2.35. The Balaban J connectivity index is 2.98. The number of benzene rings is 1. The van der Waals surface area contributed by atoms with Crippen molar-refractivity contribution in [3.63, 3.8) is 0 Å². The van der Waals surface area contributed by atoms with E-state index in [-0.39, 0.29) is 17.0 Å². The molecule has 1 rings (SSSR count). The molecule has 0 saturated carbocycles. The van der Waals surface area contributed by atoms with E-state index >= 15 is 0 Å². The predicted molar refractivity (Wildman–Crippen MR) is 75.4 cm³/mol. The molecule has 0 aromatic heterocycles. The summed E-state index contributed by atoms with van der Waals surface area (Å²) in [5.41, 5.74) is 0.681. The highest BCUT2D eigenvalue weighted by atomic mass is 16.6. The number of nitro groups is 1. The largest absolute Gasteiger partial charge is 0.469 e. The molecule has 0 spiro atoms. The third kappa shape index (κ3) is 4.86. The summed E-state index contributed by atoms with van der Waals surface area (Å²) in [5, 5.41) is 23.0. The molecule has 1 N–H and O–H groups in total. The first-order chi connectivity index (χ1) is 9.23. The van der Waals surface area contributed by atoms with Gasteiger partial charge in [-0.25, -0.2) is 0 Å². The van der Waals surface area contributed by atoms with Gasteiger partial charge in [0.05, 0.1) is 4.92 Å². The van der Waals surface area contributed by atoms with Crippen molar-refractivity contribution in [2.24, 2.45) is 0 Å². The number of nitrogens with zero attached hydrogens (tertiary/aromatic N) is 2. The van der Waals surface area contributed by atoms with Gasteiger partial charge in [-0.05, 0) is 39.3 Å². The fourth-order valence-corrected chi connectivity index (χ4v) is 1.50. The van der Waals surface area contributed by atoms with Crippen LogP contribution in [0.4, 0.5) is 5.69 Å². The summed E-state index contributed by atoms with van der Waals surface area (Å²) in [7, 11) is 0. The molecule has 0 fully saturated rings. The normalized spacial score (nSPS) is 12.6. The third-order valence-electron chi connectivity index (χ3n) is 2.53. The minimum Gasteiger partial charge on any atom is -0.469 e. The monoisotopic (exact) mass is 277 g/mol. The van der Waals surface area contributed by atoms with Gasteiger partial charge in [0, 0.05) is 18.2 Å². The van der Waals surface area contributed by atoms with Gasteiger partial charge in [-0.15, -0.1) is 0 Å². The molecule has 0 radical (unpaired) electrons. The molecular weight excluding hydrogens is 258 g/mol. The van der Waals surface area contributed by atoms with Gasteiger partial charge in [0.15, 0.2) is 11.9 Å². The zero-order valence-corrected chi connectivity index (χ0v) is 12.1. The molecule has 20 heavy (non-hydrogen) atoms. The highest BCUT2D eigenvalue weighted by Crippen LogP contribution is 2.29. The van der Waals surface area contributed by atoms with E-state index in [1.165, 1.54) is 6.07 Å². The molecule has 6 heteroatoms. The number of rotatable bonds is 5. The van der Waals surface area contributed by atoms with Gasteiger partial charge in [0.1, 0.15) is 6.07 Å². The van der Waals surface area contributed by atoms with Crippen molar-refractivity contribution in [3.05, 3.63) is 33.9 Å². The molecule has 0 bridgehead atoms. The molecule has 1 unspecified atom stereocenters. The van der Waals surface area contributed by atoms with Gasteiger partial charge in [-0.1, -0.05) is 6.07 Å². The van der Waals surface area contributed by atoms with E-state index in [1.54, 1.807) is 19.1 Å². The molecular formula is C14H19N3O3. The highest BCUT2D eigenvalue weighted by Gasteiger charge is 2.18. The average molecular weight is 277 g/mol.